The molecule has 0 aliphatic heterocycles. The van der Waals surface area contributed by atoms with Gasteiger partial charge in [-0.1, -0.05) is 33.4 Å². The van der Waals surface area contributed by atoms with Crippen LogP contribution in [0.25, 0.3) is 0 Å². The van der Waals surface area contributed by atoms with E-state index < -0.39 is 5.97 Å². The van der Waals surface area contributed by atoms with Crippen LogP contribution in [0.15, 0.2) is 23.8 Å². The van der Waals surface area contributed by atoms with E-state index in [4.69, 9.17) is 14.9 Å². The predicted molar refractivity (Wildman–Crippen MR) is 78.3 cm³/mol. The molecule has 0 atom stereocenters. The number of carboxylic acid groups (broad SMARTS) is 1. The Hall–Kier alpha value is -1.62. The number of aliphatic hydroxyl groups is 1. The van der Waals surface area contributed by atoms with Gasteiger partial charge in [0.15, 0.2) is 0 Å². The zero-order valence-corrected chi connectivity index (χ0v) is 13.0. The summed E-state index contributed by atoms with van der Waals surface area (Å²) in [6, 6.07) is 0. The number of hydrogen-bond acceptors (Lipinski definition) is 4. The summed E-state index contributed by atoms with van der Waals surface area (Å²) in [4.78, 5) is 20.9. The smallest absolute Gasteiger partial charge is 0.333 e. The van der Waals surface area contributed by atoms with Crippen LogP contribution in [-0.4, -0.2) is 35.4 Å². The average molecular weight is 286 g/mol. The third-order valence-electron chi connectivity index (χ3n) is 1.90. The number of hydrogen-bond donors (Lipinski definition) is 2. The van der Waals surface area contributed by atoms with Crippen LogP contribution in [-0.2, 0) is 14.3 Å². The fraction of sp³-hybridized carbons (Fsp3) is 0.600. The Morgan fingerprint density at radius 2 is 1.75 bits per heavy atom. The molecule has 5 nitrogen and oxygen atoms in total. The summed E-state index contributed by atoms with van der Waals surface area (Å²) in [5.74, 6) is -1.23. The Bertz CT molecular complexity index is 361. The van der Waals surface area contributed by atoms with E-state index in [1.54, 1.807) is 6.92 Å². The molecule has 0 rings (SSSR count). The van der Waals surface area contributed by atoms with Crippen molar-refractivity contribution in [2.45, 2.75) is 41.0 Å². The summed E-state index contributed by atoms with van der Waals surface area (Å²) in [5, 5.41) is 16.5. The molecule has 0 amide bonds. The number of ether oxygens (including phenoxy) is 1. The molecule has 0 radical (unpaired) electrons. The van der Waals surface area contributed by atoms with Gasteiger partial charge in [-0.25, -0.2) is 9.59 Å². The molecule has 0 bridgehead atoms. The van der Waals surface area contributed by atoms with E-state index >= 15 is 0 Å². The van der Waals surface area contributed by atoms with Gasteiger partial charge in [0.2, 0.25) is 0 Å². The second kappa shape index (κ2) is 10.2. The third kappa shape index (κ3) is 14.4. The maximum atomic E-state index is 10.9. The summed E-state index contributed by atoms with van der Waals surface area (Å²) in [7, 11) is 0. The van der Waals surface area contributed by atoms with Crippen molar-refractivity contribution in [3.63, 3.8) is 0 Å². The highest BCUT2D eigenvalue weighted by Crippen LogP contribution is 2.13. The summed E-state index contributed by atoms with van der Waals surface area (Å²) in [6.07, 6.45) is 1.90. The zero-order chi connectivity index (χ0) is 16.3. The topological polar surface area (TPSA) is 83.8 Å². The van der Waals surface area contributed by atoms with Crippen LogP contribution >= 0.6 is 0 Å². The van der Waals surface area contributed by atoms with Gasteiger partial charge >= 0.3 is 11.9 Å². The molecule has 0 fully saturated rings. The number of carbonyl (C=O) groups excluding carboxylic acids is 1. The van der Waals surface area contributed by atoms with Gasteiger partial charge < -0.3 is 14.9 Å². The fourth-order valence-electron chi connectivity index (χ4n) is 0.774. The van der Waals surface area contributed by atoms with Crippen molar-refractivity contribution in [2.24, 2.45) is 5.41 Å². The zero-order valence-electron chi connectivity index (χ0n) is 13.0. The lowest BCUT2D eigenvalue weighted by molar-refractivity contribution is -0.141. The molecule has 0 aromatic heterocycles. The molecule has 0 aliphatic rings. The van der Waals surface area contributed by atoms with E-state index in [1.807, 2.05) is 20.8 Å². The molecule has 5 heteroatoms. The van der Waals surface area contributed by atoms with Crippen LogP contribution in [0, 0.1) is 5.41 Å². The Balaban J connectivity index is 0. The SMILES string of the molecule is C=C(C)C(=O)OCC(C)(C)C.CC(=CCCO)C(=O)O. The second-order valence-electron chi connectivity index (χ2n) is 5.62. The first-order valence-electron chi connectivity index (χ1n) is 6.34. The first kappa shape index (κ1) is 20.7. The maximum absolute atomic E-state index is 10.9. The highest BCUT2D eigenvalue weighted by atomic mass is 16.5. The molecule has 20 heavy (non-hydrogen) atoms. The number of aliphatic carboxylic acids is 1. The van der Waals surface area contributed by atoms with Crippen LogP contribution < -0.4 is 0 Å². The molecule has 2 N–H and O–H groups in total. The monoisotopic (exact) mass is 286 g/mol. The molecule has 0 saturated carbocycles. The van der Waals surface area contributed by atoms with Crippen molar-refractivity contribution >= 4 is 11.9 Å². The van der Waals surface area contributed by atoms with Crippen molar-refractivity contribution < 1.29 is 24.5 Å². The van der Waals surface area contributed by atoms with Crippen LogP contribution in [0.5, 0.6) is 0 Å². The summed E-state index contributed by atoms with van der Waals surface area (Å²) >= 11 is 0. The fourth-order valence-corrected chi connectivity index (χ4v) is 0.774. The van der Waals surface area contributed by atoms with Gasteiger partial charge in [0, 0.05) is 17.8 Å². The standard InChI is InChI=1S/C9H16O2.C6H10O3/c1-7(2)8(10)11-6-9(3,4)5;1-5(6(8)9)3-2-4-7/h1,6H2,2-5H3;3,7H,2,4H2,1H3,(H,8,9). The number of carboxylic acids is 1. The van der Waals surface area contributed by atoms with Crippen LogP contribution in [0.2, 0.25) is 0 Å². The van der Waals surface area contributed by atoms with Crippen LogP contribution in [0.4, 0.5) is 0 Å². The maximum Gasteiger partial charge on any atom is 0.333 e. The van der Waals surface area contributed by atoms with Crippen molar-refractivity contribution in [3.05, 3.63) is 23.8 Å². The van der Waals surface area contributed by atoms with Gasteiger partial charge in [0.25, 0.3) is 0 Å². The van der Waals surface area contributed by atoms with E-state index in [1.165, 1.54) is 13.0 Å². The quantitative estimate of drug-likeness (QED) is 0.599. The molecule has 116 valence electrons. The molecule has 0 heterocycles. The van der Waals surface area contributed by atoms with Gasteiger partial charge in [0.05, 0.1) is 6.61 Å². The second-order valence-corrected chi connectivity index (χ2v) is 5.62. The van der Waals surface area contributed by atoms with Gasteiger partial charge in [-0.3, -0.25) is 0 Å². The molecule has 0 saturated heterocycles. The lowest BCUT2D eigenvalue weighted by Crippen LogP contribution is -2.18. The van der Waals surface area contributed by atoms with Gasteiger partial charge in [-0.15, -0.1) is 0 Å². The molecule has 0 aromatic rings. The summed E-state index contributed by atoms with van der Waals surface area (Å²) in [5.41, 5.74) is 0.767. The summed E-state index contributed by atoms with van der Waals surface area (Å²) in [6.45, 7) is 13.1. The Labute approximate surface area is 121 Å². The van der Waals surface area contributed by atoms with Gasteiger partial charge in [-0.2, -0.15) is 0 Å². The van der Waals surface area contributed by atoms with Crippen molar-refractivity contribution in [1.29, 1.82) is 0 Å². The lowest BCUT2D eigenvalue weighted by Gasteiger charge is -2.17. The van der Waals surface area contributed by atoms with E-state index in [2.05, 4.69) is 6.58 Å². The number of rotatable bonds is 5. The Kier molecular flexibility index (Phi) is 10.6. The minimum Gasteiger partial charge on any atom is -0.478 e. The van der Waals surface area contributed by atoms with Crippen LogP contribution in [0.3, 0.4) is 0 Å². The van der Waals surface area contributed by atoms with Crippen molar-refractivity contribution in [2.75, 3.05) is 13.2 Å². The molecular formula is C15H26O5. The number of aliphatic hydroxyl groups excluding tert-OH is 1. The van der Waals surface area contributed by atoms with Crippen molar-refractivity contribution in [3.8, 4) is 0 Å². The lowest BCUT2D eigenvalue weighted by atomic mass is 9.99. The average Bonchev–Trinajstić information content (AvgIpc) is 2.32. The van der Waals surface area contributed by atoms with Crippen LogP contribution in [0.1, 0.15) is 41.0 Å². The highest BCUT2D eigenvalue weighted by Gasteiger charge is 2.13. The van der Waals surface area contributed by atoms with Gasteiger partial charge in [0.1, 0.15) is 0 Å². The van der Waals surface area contributed by atoms with Crippen molar-refractivity contribution in [1.82, 2.24) is 0 Å². The third-order valence-corrected chi connectivity index (χ3v) is 1.90. The summed E-state index contributed by atoms with van der Waals surface area (Å²) < 4.78 is 4.93. The largest absolute Gasteiger partial charge is 0.478 e. The molecule has 0 spiro atoms. The molecule has 0 aromatic carbocycles. The molecular weight excluding hydrogens is 260 g/mol. The number of esters is 1. The number of carbonyl (C=O) groups is 2. The molecule has 0 unspecified atom stereocenters. The molecule has 0 aliphatic carbocycles. The van der Waals surface area contributed by atoms with E-state index in [9.17, 15) is 9.59 Å². The minimum atomic E-state index is -0.927. The first-order chi connectivity index (χ1) is 9.01. The van der Waals surface area contributed by atoms with Gasteiger partial charge in [-0.05, 0) is 25.7 Å². The normalized spacial score (nSPS) is 11.2. The Morgan fingerprint density at radius 1 is 1.25 bits per heavy atom. The van der Waals surface area contributed by atoms with E-state index in [0.29, 0.717) is 18.6 Å². The van der Waals surface area contributed by atoms with E-state index in [-0.39, 0.29) is 23.6 Å². The Morgan fingerprint density at radius 3 is 2.05 bits per heavy atom. The first-order valence-corrected chi connectivity index (χ1v) is 6.34. The minimum absolute atomic E-state index is 0.00458. The highest BCUT2D eigenvalue weighted by molar-refractivity contribution is 5.87. The predicted octanol–water partition coefficient (Wildman–Crippen LogP) is 2.55. The van der Waals surface area contributed by atoms with E-state index in [0.717, 1.165) is 0 Å².